The number of hydrogen-bond acceptors (Lipinski definition) is 4. The van der Waals surface area contributed by atoms with Gasteiger partial charge in [0.25, 0.3) is 5.91 Å². The van der Waals surface area contributed by atoms with Gasteiger partial charge < -0.3 is 5.32 Å². The first-order valence-corrected chi connectivity index (χ1v) is 10.7. The lowest BCUT2D eigenvalue weighted by molar-refractivity contribution is 0.102. The summed E-state index contributed by atoms with van der Waals surface area (Å²) in [5.41, 5.74) is 7.24. The van der Waals surface area contributed by atoms with Gasteiger partial charge in [0.2, 0.25) is 0 Å². The smallest absolute Gasteiger partial charge is 0.259 e. The zero-order valence-electron chi connectivity index (χ0n) is 17.6. The fraction of sp³-hybridized carbons (Fsp3) is 0.208. The molecule has 4 aromatic rings. The van der Waals surface area contributed by atoms with Crippen LogP contribution in [-0.2, 0) is 6.54 Å². The van der Waals surface area contributed by atoms with Crippen LogP contribution in [0.15, 0.2) is 53.9 Å². The number of anilines is 1. The number of nitrogens with zero attached hydrogens (tertiary/aromatic N) is 3. The highest BCUT2D eigenvalue weighted by atomic mass is 32.1. The second kappa shape index (κ2) is 8.24. The minimum Gasteiger partial charge on any atom is -0.322 e. The van der Waals surface area contributed by atoms with Gasteiger partial charge in [0, 0.05) is 22.3 Å². The number of carbonyl (C=O) groups is 1. The predicted octanol–water partition coefficient (Wildman–Crippen LogP) is 5.54. The molecular weight excluding hydrogens is 392 g/mol. The molecule has 0 saturated heterocycles. The molecule has 30 heavy (non-hydrogen) atoms. The number of amides is 1. The van der Waals surface area contributed by atoms with Gasteiger partial charge in [-0.3, -0.25) is 9.48 Å². The Balaban J connectivity index is 1.55. The number of carbonyl (C=O) groups excluding carboxylic acids is 1. The van der Waals surface area contributed by atoms with Crippen LogP contribution in [0.1, 0.15) is 37.9 Å². The molecule has 152 valence electrons. The summed E-state index contributed by atoms with van der Waals surface area (Å²) in [5.74, 6) is -0.147. The molecular formula is C24H24N4OS. The molecule has 0 aliphatic heterocycles. The highest BCUT2D eigenvalue weighted by molar-refractivity contribution is 7.09. The van der Waals surface area contributed by atoms with E-state index in [2.05, 4.69) is 46.6 Å². The lowest BCUT2D eigenvalue weighted by Gasteiger charge is -2.08. The monoisotopic (exact) mass is 416 g/mol. The minimum atomic E-state index is -0.147. The third-order valence-corrected chi connectivity index (χ3v) is 5.87. The van der Waals surface area contributed by atoms with Gasteiger partial charge in [-0.05, 0) is 45.4 Å². The maximum absolute atomic E-state index is 13.0. The van der Waals surface area contributed by atoms with Crippen LogP contribution in [0.25, 0.3) is 11.3 Å². The predicted molar refractivity (Wildman–Crippen MR) is 122 cm³/mol. The van der Waals surface area contributed by atoms with Gasteiger partial charge in [-0.15, -0.1) is 11.3 Å². The van der Waals surface area contributed by atoms with Crippen LogP contribution in [0.3, 0.4) is 0 Å². The summed E-state index contributed by atoms with van der Waals surface area (Å²) in [5, 5.41) is 10.7. The number of aryl methyl sites for hydroxylation is 3. The van der Waals surface area contributed by atoms with Crippen molar-refractivity contribution in [2.75, 3.05) is 5.32 Å². The Hall–Kier alpha value is -3.25. The summed E-state index contributed by atoms with van der Waals surface area (Å²) in [7, 11) is 0. The molecule has 5 nitrogen and oxygen atoms in total. The van der Waals surface area contributed by atoms with Crippen molar-refractivity contribution >= 4 is 22.9 Å². The first kappa shape index (κ1) is 20.0. The van der Waals surface area contributed by atoms with E-state index in [1.54, 1.807) is 11.3 Å². The Bertz CT molecular complexity index is 1200. The molecule has 0 spiro atoms. The van der Waals surface area contributed by atoms with Crippen LogP contribution >= 0.6 is 11.3 Å². The fourth-order valence-electron chi connectivity index (χ4n) is 3.49. The van der Waals surface area contributed by atoms with Gasteiger partial charge in [0.05, 0.1) is 28.5 Å². The standard InChI is InChI=1S/C24H24N4OS/c1-15-8-10-19(11-9-15)13-28-17(3)23(16(2)27-28)24(29)26-21-7-5-6-20(12-21)22-14-30-18(4)25-22/h5-12,14H,13H2,1-4H3,(H,26,29). The summed E-state index contributed by atoms with van der Waals surface area (Å²) >= 11 is 1.61. The van der Waals surface area contributed by atoms with E-state index in [0.29, 0.717) is 12.1 Å². The number of nitrogens with one attached hydrogen (secondary N) is 1. The summed E-state index contributed by atoms with van der Waals surface area (Å²) in [6.07, 6.45) is 0. The number of benzene rings is 2. The van der Waals surface area contributed by atoms with E-state index in [-0.39, 0.29) is 5.91 Å². The lowest BCUT2D eigenvalue weighted by Crippen LogP contribution is -2.14. The van der Waals surface area contributed by atoms with Crippen molar-refractivity contribution in [2.24, 2.45) is 0 Å². The molecule has 1 amide bonds. The molecule has 0 aliphatic rings. The molecule has 0 aliphatic carbocycles. The molecule has 0 radical (unpaired) electrons. The highest BCUT2D eigenvalue weighted by Gasteiger charge is 2.19. The molecule has 1 N–H and O–H groups in total. The molecule has 2 heterocycles. The molecule has 0 bridgehead atoms. The van der Waals surface area contributed by atoms with E-state index in [4.69, 9.17) is 0 Å². The summed E-state index contributed by atoms with van der Waals surface area (Å²) in [6, 6.07) is 16.1. The second-order valence-corrected chi connectivity index (χ2v) is 8.54. The van der Waals surface area contributed by atoms with Crippen molar-refractivity contribution in [1.82, 2.24) is 14.8 Å². The van der Waals surface area contributed by atoms with Gasteiger partial charge >= 0.3 is 0 Å². The summed E-state index contributed by atoms with van der Waals surface area (Å²) in [6.45, 7) is 8.51. The molecule has 2 aromatic heterocycles. The van der Waals surface area contributed by atoms with E-state index in [1.807, 2.05) is 55.1 Å². The Morgan fingerprint density at radius 1 is 1.07 bits per heavy atom. The number of aromatic nitrogens is 3. The van der Waals surface area contributed by atoms with Gasteiger partial charge in [-0.2, -0.15) is 5.10 Å². The second-order valence-electron chi connectivity index (χ2n) is 7.48. The van der Waals surface area contributed by atoms with Crippen LogP contribution in [-0.4, -0.2) is 20.7 Å². The number of rotatable bonds is 5. The van der Waals surface area contributed by atoms with Crippen molar-refractivity contribution in [2.45, 2.75) is 34.2 Å². The van der Waals surface area contributed by atoms with Gasteiger partial charge in [0.1, 0.15) is 0 Å². The number of thiazole rings is 1. The van der Waals surface area contributed by atoms with E-state index in [0.717, 1.165) is 38.9 Å². The zero-order valence-corrected chi connectivity index (χ0v) is 18.4. The molecule has 0 fully saturated rings. The minimum absolute atomic E-state index is 0.147. The third-order valence-electron chi connectivity index (χ3n) is 5.10. The van der Waals surface area contributed by atoms with Crippen LogP contribution < -0.4 is 5.32 Å². The average Bonchev–Trinajstić information content (AvgIpc) is 3.27. The van der Waals surface area contributed by atoms with Crippen molar-refractivity contribution in [3.8, 4) is 11.3 Å². The van der Waals surface area contributed by atoms with Crippen LogP contribution in [0, 0.1) is 27.7 Å². The maximum atomic E-state index is 13.0. The Labute approximate surface area is 180 Å². The van der Waals surface area contributed by atoms with Crippen LogP contribution in [0.2, 0.25) is 0 Å². The van der Waals surface area contributed by atoms with Crippen molar-refractivity contribution < 1.29 is 4.79 Å². The molecule has 0 saturated carbocycles. The molecule has 0 atom stereocenters. The molecule has 2 aromatic carbocycles. The normalized spacial score (nSPS) is 10.9. The fourth-order valence-corrected chi connectivity index (χ4v) is 4.11. The molecule has 6 heteroatoms. The highest BCUT2D eigenvalue weighted by Crippen LogP contribution is 2.25. The Kier molecular flexibility index (Phi) is 5.50. The zero-order chi connectivity index (χ0) is 21.3. The largest absolute Gasteiger partial charge is 0.322 e. The first-order chi connectivity index (χ1) is 14.4. The molecule has 4 rings (SSSR count). The average molecular weight is 417 g/mol. The van der Waals surface area contributed by atoms with Crippen LogP contribution in [0.4, 0.5) is 5.69 Å². The maximum Gasteiger partial charge on any atom is 0.259 e. The topological polar surface area (TPSA) is 59.8 Å². The van der Waals surface area contributed by atoms with Crippen LogP contribution in [0.5, 0.6) is 0 Å². The van der Waals surface area contributed by atoms with Crippen molar-refractivity contribution in [1.29, 1.82) is 0 Å². The van der Waals surface area contributed by atoms with Crippen molar-refractivity contribution in [3.05, 3.63) is 87.0 Å². The van der Waals surface area contributed by atoms with Gasteiger partial charge in [0.15, 0.2) is 0 Å². The van der Waals surface area contributed by atoms with E-state index >= 15 is 0 Å². The Morgan fingerprint density at radius 3 is 2.53 bits per heavy atom. The van der Waals surface area contributed by atoms with E-state index in [9.17, 15) is 4.79 Å². The van der Waals surface area contributed by atoms with E-state index < -0.39 is 0 Å². The third kappa shape index (κ3) is 4.19. The van der Waals surface area contributed by atoms with E-state index in [1.165, 1.54) is 5.56 Å². The number of hydrogen-bond donors (Lipinski definition) is 1. The Morgan fingerprint density at radius 2 is 1.83 bits per heavy atom. The summed E-state index contributed by atoms with van der Waals surface area (Å²) < 4.78 is 1.89. The first-order valence-electron chi connectivity index (χ1n) is 9.84. The SMILES string of the molecule is Cc1ccc(Cn2nc(C)c(C(=O)Nc3cccc(-c4csc(C)n4)c3)c2C)cc1. The van der Waals surface area contributed by atoms with Gasteiger partial charge in [-0.1, -0.05) is 42.0 Å². The molecule has 0 unspecified atom stereocenters. The quantitative estimate of drug-likeness (QED) is 0.465. The van der Waals surface area contributed by atoms with Gasteiger partial charge in [-0.25, -0.2) is 4.98 Å². The summed E-state index contributed by atoms with van der Waals surface area (Å²) in [4.78, 5) is 17.6. The van der Waals surface area contributed by atoms with Crippen molar-refractivity contribution in [3.63, 3.8) is 0 Å². The lowest BCUT2D eigenvalue weighted by atomic mass is 10.1.